The molecule has 1 aromatic carbocycles. The molecule has 0 aliphatic rings. The van der Waals surface area contributed by atoms with Gasteiger partial charge >= 0.3 is 5.97 Å². The molecule has 116 valence electrons. The molecule has 7 nitrogen and oxygen atoms in total. The van der Waals surface area contributed by atoms with Gasteiger partial charge in [-0.2, -0.15) is 5.10 Å². The third-order valence-electron chi connectivity index (χ3n) is 3.23. The van der Waals surface area contributed by atoms with Gasteiger partial charge in [-0.15, -0.1) is 0 Å². The van der Waals surface area contributed by atoms with E-state index in [1.54, 1.807) is 0 Å². The maximum absolute atomic E-state index is 10.8. The van der Waals surface area contributed by atoms with E-state index in [1.807, 2.05) is 37.3 Å². The lowest BCUT2D eigenvalue weighted by Crippen LogP contribution is -2.05. The Bertz CT molecular complexity index is 800. The predicted molar refractivity (Wildman–Crippen MR) is 81.6 cm³/mol. The summed E-state index contributed by atoms with van der Waals surface area (Å²) in [5, 5.41) is 12.8. The van der Waals surface area contributed by atoms with E-state index in [2.05, 4.69) is 15.1 Å². The zero-order chi connectivity index (χ0) is 16.2. The molecule has 0 aliphatic heterocycles. The molecule has 3 aromatic rings. The van der Waals surface area contributed by atoms with Crippen LogP contribution in [0.1, 0.15) is 28.9 Å². The van der Waals surface area contributed by atoms with E-state index in [0.29, 0.717) is 5.75 Å². The summed E-state index contributed by atoms with van der Waals surface area (Å²) >= 11 is 0. The van der Waals surface area contributed by atoms with Crippen LogP contribution in [0.3, 0.4) is 0 Å². The number of hydrogen-bond donors (Lipinski definition) is 1. The number of carboxylic acids is 1. The van der Waals surface area contributed by atoms with Crippen molar-refractivity contribution >= 4 is 5.97 Å². The highest BCUT2D eigenvalue weighted by atomic mass is 16.5. The molecule has 2 heterocycles. The third kappa shape index (κ3) is 3.34. The highest BCUT2D eigenvalue weighted by molar-refractivity contribution is 5.86. The van der Waals surface area contributed by atoms with Crippen LogP contribution in [0, 0.1) is 0 Å². The van der Waals surface area contributed by atoms with Crippen molar-refractivity contribution in [2.75, 3.05) is 0 Å². The average Bonchev–Trinajstić information content (AvgIpc) is 3.07. The Balaban J connectivity index is 1.73. The summed E-state index contributed by atoms with van der Waals surface area (Å²) in [6, 6.07) is 9.82. The summed E-state index contributed by atoms with van der Waals surface area (Å²) in [7, 11) is 0. The molecule has 23 heavy (non-hydrogen) atoms. The van der Waals surface area contributed by atoms with Crippen LogP contribution in [0.2, 0.25) is 0 Å². The minimum atomic E-state index is -1.05. The van der Waals surface area contributed by atoms with Crippen LogP contribution in [0.15, 0.2) is 55.1 Å². The van der Waals surface area contributed by atoms with Gasteiger partial charge in [-0.3, -0.25) is 0 Å². The van der Waals surface area contributed by atoms with Crippen LogP contribution >= 0.6 is 0 Å². The Morgan fingerprint density at radius 1 is 1.17 bits per heavy atom. The zero-order valence-electron chi connectivity index (χ0n) is 12.3. The summed E-state index contributed by atoms with van der Waals surface area (Å²) in [5.41, 5.74) is 1.13. The first-order valence-corrected chi connectivity index (χ1v) is 6.95. The van der Waals surface area contributed by atoms with Crippen molar-refractivity contribution in [3.05, 3.63) is 66.2 Å². The van der Waals surface area contributed by atoms with Crippen molar-refractivity contribution in [3.63, 3.8) is 0 Å². The van der Waals surface area contributed by atoms with E-state index in [9.17, 15) is 4.79 Å². The van der Waals surface area contributed by atoms with Gasteiger partial charge in [-0.25, -0.2) is 19.4 Å². The number of hydrogen-bond acceptors (Lipinski definition) is 5. The first kappa shape index (κ1) is 14.7. The largest absolute Gasteiger partial charge is 0.483 e. The molecule has 0 amide bonds. The normalized spacial score (nSPS) is 11.9. The number of carbonyl (C=O) groups is 1. The van der Waals surface area contributed by atoms with Crippen LogP contribution in [-0.2, 0) is 0 Å². The van der Waals surface area contributed by atoms with Gasteiger partial charge in [0.1, 0.15) is 6.10 Å². The van der Waals surface area contributed by atoms with Crippen LogP contribution in [-0.4, -0.2) is 30.8 Å². The number of aromatic nitrogens is 4. The molecule has 1 N–H and O–H groups in total. The van der Waals surface area contributed by atoms with E-state index in [1.165, 1.54) is 29.5 Å². The van der Waals surface area contributed by atoms with Gasteiger partial charge in [0.25, 0.3) is 5.95 Å². The van der Waals surface area contributed by atoms with Crippen molar-refractivity contribution in [1.82, 2.24) is 19.7 Å². The van der Waals surface area contributed by atoms with E-state index in [4.69, 9.17) is 9.84 Å². The summed E-state index contributed by atoms with van der Waals surface area (Å²) in [6.45, 7) is 1.94. The molecule has 1 atom stereocenters. The molecule has 2 aromatic heterocycles. The molecule has 0 saturated heterocycles. The van der Waals surface area contributed by atoms with Gasteiger partial charge in [0.05, 0.1) is 24.2 Å². The van der Waals surface area contributed by atoms with E-state index >= 15 is 0 Å². The van der Waals surface area contributed by atoms with Gasteiger partial charge in [0.2, 0.25) is 0 Å². The molecule has 0 aliphatic carbocycles. The van der Waals surface area contributed by atoms with Gasteiger partial charge in [-0.1, -0.05) is 30.3 Å². The van der Waals surface area contributed by atoms with E-state index in [0.717, 1.165) is 5.56 Å². The van der Waals surface area contributed by atoms with Gasteiger partial charge < -0.3 is 9.84 Å². The quantitative estimate of drug-likeness (QED) is 0.778. The second kappa shape index (κ2) is 6.27. The summed E-state index contributed by atoms with van der Waals surface area (Å²) in [6.07, 6.45) is 5.53. The standard InChI is InChI=1S/C16H14N4O3/c1-11(12-5-3-2-4-6-12)23-14-8-17-16(18-9-14)20-10-13(7-19-20)15(21)22/h2-11H,1H3,(H,21,22). The lowest BCUT2D eigenvalue weighted by molar-refractivity contribution is 0.0697. The molecule has 0 radical (unpaired) electrons. The molecule has 3 rings (SSSR count). The van der Waals surface area contributed by atoms with Crippen LogP contribution in [0.25, 0.3) is 5.95 Å². The van der Waals surface area contributed by atoms with Crippen LogP contribution in [0.4, 0.5) is 0 Å². The number of carboxylic acid groups (broad SMARTS) is 1. The number of ether oxygens (including phenoxy) is 1. The Morgan fingerprint density at radius 3 is 2.48 bits per heavy atom. The molecular weight excluding hydrogens is 296 g/mol. The second-order valence-corrected chi connectivity index (χ2v) is 4.87. The van der Waals surface area contributed by atoms with Crippen molar-refractivity contribution in [2.24, 2.45) is 0 Å². The number of nitrogens with zero attached hydrogens (tertiary/aromatic N) is 4. The minimum absolute atomic E-state index is 0.0756. The lowest BCUT2D eigenvalue weighted by atomic mass is 10.1. The van der Waals surface area contributed by atoms with Crippen molar-refractivity contribution in [3.8, 4) is 11.7 Å². The lowest BCUT2D eigenvalue weighted by Gasteiger charge is -2.14. The maximum Gasteiger partial charge on any atom is 0.338 e. The first-order valence-electron chi connectivity index (χ1n) is 6.95. The van der Waals surface area contributed by atoms with Crippen molar-refractivity contribution in [1.29, 1.82) is 0 Å². The third-order valence-corrected chi connectivity index (χ3v) is 3.23. The molecule has 0 saturated carbocycles. The molecule has 7 heteroatoms. The highest BCUT2D eigenvalue weighted by Gasteiger charge is 2.10. The topological polar surface area (TPSA) is 90.1 Å². The molecule has 0 spiro atoms. The Kier molecular flexibility index (Phi) is 4.01. The summed E-state index contributed by atoms with van der Waals surface area (Å²) in [5.74, 6) is -0.249. The molecule has 0 fully saturated rings. The summed E-state index contributed by atoms with van der Waals surface area (Å²) in [4.78, 5) is 19.1. The Morgan fingerprint density at radius 2 is 1.87 bits per heavy atom. The monoisotopic (exact) mass is 310 g/mol. The SMILES string of the molecule is CC(Oc1cnc(-n2cc(C(=O)O)cn2)nc1)c1ccccc1. The Hall–Kier alpha value is -3.22. The maximum atomic E-state index is 10.8. The van der Waals surface area contributed by atoms with Crippen LogP contribution < -0.4 is 4.74 Å². The number of benzene rings is 1. The molecular formula is C16H14N4O3. The van der Waals surface area contributed by atoms with Gasteiger partial charge in [-0.05, 0) is 12.5 Å². The highest BCUT2D eigenvalue weighted by Crippen LogP contribution is 2.20. The van der Waals surface area contributed by atoms with E-state index in [-0.39, 0.29) is 17.6 Å². The molecule has 1 unspecified atom stereocenters. The molecule has 0 bridgehead atoms. The Labute approximate surface area is 132 Å². The fraction of sp³-hybridized carbons (Fsp3) is 0.125. The average molecular weight is 310 g/mol. The summed E-state index contributed by atoms with van der Waals surface area (Å²) < 4.78 is 7.09. The van der Waals surface area contributed by atoms with Crippen LogP contribution in [0.5, 0.6) is 5.75 Å². The minimum Gasteiger partial charge on any atom is -0.483 e. The van der Waals surface area contributed by atoms with Crippen molar-refractivity contribution in [2.45, 2.75) is 13.0 Å². The number of aromatic carboxylic acids is 1. The fourth-order valence-corrected chi connectivity index (χ4v) is 2.03. The van der Waals surface area contributed by atoms with E-state index < -0.39 is 5.97 Å². The fourth-order valence-electron chi connectivity index (χ4n) is 2.03. The smallest absolute Gasteiger partial charge is 0.338 e. The number of rotatable bonds is 5. The zero-order valence-corrected chi connectivity index (χ0v) is 12.3. The van der Waals surface area contributed by atoms with Gasteiger partial charge in [0.15, 0.2) is 5.75 Å². The second-order valence-electron chi connectivity index (χ2n) is 4.87. The first-order chi connectivity index (χ1) is 11.1. The van der Waals surface area contributed by atoms with Crippen molar-refractivity contribution < 1.29 is 14.6 Å². The predicted octanol–water partition coefficient (Wildman–Crippen LogP) is 2.50. The van der Waals surface area contributed by atoms with Gasteiger partial charge in [0, 0.05) is 6.20 Å².